The fourth-order valence-electron chi connectivity index (χ4n) is 0.756. The highest BCUT2D eigenvalue weighted by atomic mass is 28.4. The van der Waals surface area contributed by atoms with Crippen molar-refractivity contribution < 1.29 is 9.16 Å². The minimum Gasteiger partial charge on any atom is -0.415 e. The van der Waals surface area contributed by atoms with Crippen LogP contribution in [0, 0.1) is 0 Å². The van der Waals surface area contributed by atoms with E-state index in [0.29, 0.717) is 0 Å². The minimum atomic E-state index is -1.33. The highest BCUT2D eigenvalue weighted by molar-refractivity contribution is 6.69. The summed E-state index contributed by atoms with van der Waals surface area (Å²) < 4.78 is 11.0. The first-order valence-electron chi connectivity index (χ1n) is 4.78. The Morgan fingerprint density at radius 3 is 2.08 bits per heavy atom. The molecule has 13 heavy (non-hydrogen) atoms. The maximum absolute atomic E-state index is 5.64. The van der Waals surface area contributed by atoms with Gasteiger partial charge in [-0.25, -0.2) is 0 Å². The van der Waals surface area contributed by atoms with Crippen LogP contribution in [0.3, 0.4) is 0 Å². The SMILES string of the molecule is CN(C)CCOCCO[Si](C)(C)C. The lowest BCUT2D eigenvalue weighted by Crippen LogP contribution is -2.28. The second kappa shape index (κ2) is 6.54. The zero-order valence-corrected chi connectivity index (χ0v) is 10.6. The molecule has 0 aromatic carbocycles. The largest absolute Gasteiger partial charge is 0.415 e. The Morgan fingerprint density at radius 1 is 1.00 bits per heavy atom. The average molecular weight is 205 g/mol. The molecule has 0 rings (SSSR count). The molecule has 0 atom stereocenters. The monoisotopic (exact) mass is 205 g/mol. The Balaban J connectivity index is 3.09. The summed E-state index contributed by atoms with van der Waals surface area (Å²) in [5.74, 6) is 0. The van der Waals surface area contributed by atoms with Gasteiger partial charge in [0.25, 0.3) is 0 Å². The highest BCUT2D eigenvalue weighted by Crippen LogP contribution is 2.01. The molecular weight excluding hydrogens is 182 g/mol. The van der Waals surface area contributed by atoms with E-state index in [-0.39, 0.29) is 0 Å². The lowest BCUT2D eigenvalue weighted by Gasteiger charge is -2.17. The summed E-state index contributed by atoms with van der Waals surface area (Å²) in [5.41, 5.74) is 0. The summed E-state index contributed by atoms with van der Waals surface area (Å²) in [6.07, 6.45) is 0. The number of ether oxygens (including phenoxy) is 1. The van der Waals surface area contributed by atoms with Gasteiger partial charge in [0.05, 0.1) is 19.8 Å². The van der Waals surface area contributed by atoms with Crippen LogP contribution < -0.4 is 0 Å². The predicted molar refractivity (Wildman–Crippen MR) is 58.7 cm³/mol. The molecule has 0 aromatic rings. The predicted octanol–water partition coefficient (Wildman–Crippen LogP) is 1.42. The average Bonchev–Trinajstić information content (AvgIpc) is 1.93. The molecule has 0 saturated heterocycles. The first-order valence-corrected chi connectivity index (χ1v) is 8.19. The molecular formula is C9H23NO2Si. The summed E-state index contributed by atoms with van der Waals surface area (Å²) in [4.78, 5) is 2.11. The standard InChI is InChI=1S/C9H23NO2Si/c1-10(2)6-7-11-8-9-12-13(3,4)5/h6-9H2,1-5H3. The van der Waals surface area contributed by atoms with Crippen molar-refractivity contribution in [2.45, 2.75) is 19.6 Å². The molecule has 0 saturated carbocycles. The van der Waals surface area contributed by atoms with Crippen LogP contribution >= 0.6 is 0 Å². The molecule has 0 aliphatic carbocycles. The maximum Gasteiger partial charge on any atom is 0.183 e. The molecule has 0 amide bonds. The van der Waals surface area contributed by atoms with Gasteiger partial charge >= 0.3 is 0 Å². The van der Waals surface area contributed by atoms with Crippen molar-refractivity contribution in [3.63, 3.8) is 0 Å². The third-order valence-electron chi connectivity index (χ3n) is 1.45. The molecule has 0 heterocycles. The van der Waals surface area contributed by atoms with Crippen LogP contribution in [0.5, 0.6) is 0 Å². The van der Waals surface area contributed by atoms with E-state index in [1.54, 1.807) is 0 Å². The third kappa shape index (κ3) is 12.1. The lowest BCUT2D eigenvalue weighted by molar-refractivity contribution is 0.0870. The van der Waals surface area contributed by atoms with E-state index in [9.17, 15) is 0 Å². The maximum atomic E-state index is 5.64. The van der Waals surface area contributed by atoms with Crippen molar-refractivity contribution in [1.82, 2.24) is 4.90 Å². The van der Waals surface area contributed by atoms with Gasteiger partial charge < -0.3 is 14.1 Å². The van der Waals surface area contributed by atoms with Gasteiger partial charge in [-0.1, -0.05) is 0 Å². The Kier molecular flexibility index (Phi) is 6.58. The number of hydrogen-bond acceptors (Lipinski definition) is 3. The molecule has 80 valence electrons. The van der Waals surface area contributed by atoms with Crippen LogP contribution in [0.2, 0.25) is 19.6 Å². The van der Waals surface area contributed by atoms with Gasteiger partial charge in [-0.05, 0) is 33.7 Å². The molecule has 0 radical (unpaired) electrons. The molecule has 4 heteroatoms. The van der Waals surface area contributed by atoms with E-state index in [2.05, 4.69) is 24.5 Å². The van der Waals surface area contributed by atoms with Crippen LogP contribution in [0.4, 0.5) is 0 Å². The third-order valence-corrected chi connectivity index (χ3v) is 2.52. The molecule has 0 fully saturated rings. The van der Waals surface area contributed by atoms with Gasteiger partial charge in [-0.3, -0.25) is 0 Å². The van der Waals surface area contributed by atoms with E-state index in [0.717, 1.165) is 26.4 Å². The topological polar surface area (TPSA) is 21.7 Å². The van der Waals surface area contributed by atoms with E-state index >= 15 is 0 Å². The number of rotatable bonds is 7. The quantitative estimate of drug-likeness (QED) is 0.463. The molecule has 3 nitrogen and oxygen atoms in total. The van der Waals surface area contributed by atoms with Gasteiger partial charge in [-0.2, -0.15) is 0 Å². The lowest BCUT2D eigenvalue weighted by atomic mass is 10.6. The van der Waals surface area contributed by atoms with Crippen LogP contribution in [0.25, 0.3) is 0 Å². The Bertz CT molecular complexity index is 123. The molecule has 0 aromatic heterocycles. The molecule has 0 bridgehead atoms. The Hall–Kier alpha value is 0.0969. The van der Waals surface area contributed by atoms with Crippen LogP contribution in [-0.2, 0) is 9.16 Å². The molecule has 0 spiro atoms. The highest BCUT2D eigenvalue weighted by Gasteiger charge is 2.12. The second-order valence-electron chi connectivity index (χ2n) is 4.38. The molecule has 0 unspecified atom stereocenters. The van der Waals surface area contributed by atoms with E-state index < -0.39 is 8.32 Å². The molecule has 0 aliphatic heterocycles. The van der Waals surface area contributed by atoms with Gasteiger partial charge in [-0.15, -0.1) is 0 Å². The van der Waals surface area contributed by atoms with E-state index in [4.69, 9.17) is 9.16 Å². The summed E-state index contributed by atoms with van der Waals surface area (Å²) in [7, 11) is 2.76. The molecule has 0 aliphatic rings. The van der Waals surface area contributed by atoms with Crippen LogP contribution in [-0.4, -0.2) is 53.7 Å². The smallest absolute Gasteiger partial charge is 0.183 e. The van der Waals surface area contributed by atoms with E-state index in [1.165, 1.54) is 0 Å². The van der Waals surface area contributed by atoms with Crippen LogP contribution in [0.15, 0.2) is 0 Å². The van der Waals surface area contributed by atoms with Gasteiger partial charge in [0.1, 0.15) is 0 Å². The fourth-order valence-corrected chi connectivity index (χ4v) is 1.45. The molecule has 0 N–H and O–H groups in total. The van der Waals surface area contributed by atoms with Crippen molar-refractivity contribution in [3.05, 3.63) is 0 Å². The summed E-state index contributed by atoms with van der Waals surface area (Å²) in [6, 6.07) is 0. The summed E-state index contributed by atoms with van der Waals surface area (Å²) in [6.45, 7) is 9.79. The van der Waals surface area contributed by atoms with Crippen molar-refractivity contribution >= 4 is 8.32 Å². The van der Waals surface area contributed by atoms with Gasteiger partial charge in [0.2, 0.25) is 0 Å². The number of nitrogens with zero attached hydrogens (tertiary/aromatic N) is 1. The Labute approximate surface area is 83.2 Å². The summed E-state index contributed by atoms with van der Waals surface area (Å²) in [5, 5.41) is 0. The first kappa shape index (κ1) is 13.1. The van der Waals surface area contributed by atoms with Gasteiger partial charge in [0, 0.05) is 6.54 Å². The van der Waals surface area contributed by atoms with Crippen molar-refractivity contribution in [2.75, 3.05) is 40.5 Å². The second-order valence-corrected chi connectivity index (χ2v) is 8.89. The summed E-state index contributed by atoms with van der Waals surface area (Å²) >= 11 is 0. The van der Waals surface area contributed by atoms with Crippen molar-refractivity contribution in [3.8, 4) is 0 Å². The zero-order valence-electron chi connectivity index (χ0n) is 9.59. The zero-order chi connectivity index (χ0) is 10.3. The Morgan fingerprint density at radius 2 is 1.62 bits per heavy atom. The first-order chi connectivity index (χ1) is 5.92. The van der Waals surface area contributed by atoms with E-state index in [1.807, 2.05) is 14.1 Å². The van der Waals surface area contributed by atoms with Crippen molar-refractivity contribution in [2.24, 2.45) is 0 Å². The number of likely N-dealkylation sites (N-methyl/N-ethyl adjacent to an activating group) is 1. The normalized spacial score (nSPS) is 12.5. The van der Waals surface area contributed by atoms with Gasteiger partial charge in [0.15, 0.2) is 8.32 Å². The van der Waals surface area contributed by atoms with Crippen LogP contribution in [0.1, 0.15) is 0 Å². The van der Waals surface area contributed by atoms with Crippen molar-refractivity contribution in [1.29, 1.82) is 0 Å². The number of hydrogen-bond donors (Lipinski definition) is 0. The minimum absolute atomic E-state index is 0.720. The fraction of sp³-hybridized carbons (Fsp3) is 1.00.